The summed E-state index contributed by atoms with van der Waals surface area (Å²) in [6.07, 6.45) is 0.688. The Kier molecular flexibility index (Phi) is 4.55. The van der Waals surface area contributed by atoms with E-state index in [0.717, 1.165) is 0 Å². The van der Waals surface area contributed by atoms with Crippen LogP contribution in [0.2, 0.25) is 0 Å². The lowest BCUT2D eigenvalue weighted by Gasteiger charge is -2.02. The summed E-state index contributed by atoms with van der Waals surface area (Å²) in [4.78, 5) is 10.2. The summed E-state index contributed by atoms with van der Waals surface area (Å²) in [5, 5.41) is 15.3. The third-order valence-electron chi connectivity index (χ3n) is 2.03. The van der Waals surface area contributed by atoms with E-state index in [0.29, 0.717) is 18.4 Å². The monoisotopic (exact) mass is 260 g/mol. The average Bonchev–Trinajstić information content (AvgIpc) is 2.23. The molecule has 0 aliphatic rings. The van der Waals surface area contributed by atoms with Crippen molar-refractivity contribution in [2.24, 2.45) is 5.14 Å². The number of para-hydroxylation sites is 1. The van der Waals surface area contributed by atoms with Crippen LogP contribution >= 0.6 is 0 Å². The van der Waals surface area contributed by atoms with E-state index in [2.05, 4.69) is 9.32 Å². The first-order valence-electron chi connectivity index (χ1n) is 4.79. The summed E-state index contributed by atoms with van der Waals surface area (Å²) in [7, 11) is -3.94. The maximum atomic E-state index is 10.7. The smallest absolute Gasteiger partial charge is 0.258 e. The molecule has 0 aromatic heterocycles. The number of nitro benzene ring substituents is 1. The van der Waals surface area contributed by atoms with Gasteiger partial charge in [0.25, 0.3) is 5.69 Å². The molecule has 0 saturated heterocycles. The zero-order valence-corrected chi connectivity index (χ0v) is 9.72. The average molecular weight is 260 g/mol. The second kappa shape index (κ2) is 5.71. The largest absolute Gasteiger partial charge is 0.333 e. The van der Waals surface area contributed by atoms with Gasteiger partial charge in [0.2, 0.25) is 0 Å². The normalized spacial score (nSPS) is 11.4. The van der Waals surface area contributed by atoms with Crippen LogP contribution in [0.15, 0.2) is 24.3 Å². The van der Waals surface area contributed by atoms with Crippen LogP contribution in [0.1, 0.15) is 12.0 Å². The molecule has 7 nitrogen and oxygen atoms in total. The van der Waals surface area contributed by atoms with E-state index in [9.17, 15) is 18.5 Å². The minimum atomic E-state index is -3.94. The van der Waals surface area contributed by atoms with E-state index in [1.54, 1.807) is 18.2 Å². The van der Waals surface area contributed by atoms with Gasteiger partial charge in [-0.3, -0.25) is 14.3 Å². The molecule has 0 radical (unpaired) electrons. The van der Waals surface area contributed by atoms with E-state index in [4.69, 9.17) is 0 Å². The number of rotatable bonds is 6. The lowest BCUT2D eigenvalue weighted by atomic mass is 10.1. The van der Waals surface area contributed by atoms with Crippen molar-refractivity contribution < 1.29 is 17.5 Å². The third-order valence-corrected chi connectivity index (χ3v) is 2.52. The van der Waals surface area contributed by atoms with E-state index in [1.807, 2.05) is 0 Å². The Morgan fingerprint density at radius 2 is 2.00 bits per heavy atom. The van der Waals surface area contributed by atoms with Crippen LogP contribution in [0.4, 0.5) is 5.69 Å². The highest BCUT2D eigenvalue weighted by atomic mass is 32.2. The minimum Gasteiger partial charge on any atom is -0.258 e. The van der Waals surface area contributed by atoms with E-state index >= 15 is 0 Å². The molecular formula is C9H12N2O5S. The lowest BCUT2D eigenvalue weighted by Crippen LogP contribution is -2.16. The van der Waals surface area contributed by atoms with Crippen molar-refractivity contribution in [3.8, 4) is 0 Å². The van der Waals surface area contributed by atoms with Crippen LogP contribution in [-0.2, 0) is 20.9 Å². The summed E-state index contributed by atoms with van der Waals surface area (Å²) in [5.41, 5.74) is 0.554. The molecule has 1 aromatic rings. The Balaban J connectivity index is 2.55. The molecule has 0 fully saturated rings. The molecule has 0 aliphatic heterocycles. The highest BCUT2D eigenvalue weighted by Gasteiger charge is 2.11. The van der Waals surface area contributed by atoms with Crippen LogP contribution in [0.5, 0.6) is 0 Å². The third kappa shape index (κ3) is 4.89. The molecule has 1 rings (SSSR count). The fourth-order valence-corrected chi connectivity index (χ4v) is 1.69. The SMILES string of the molecule is NS(=O)(=O)OCCCc1ccccc1[N+](=O)[O-]. The number of benzene rings is 1. The van der Waals surface area contributed by atoms with Crippen LogP contribution in [0.25, 0.3) is 0 Å². The highest BCUT2D eigenvalue weighted by Crippen LogP contribution is 2.18. The van der Waals surface area contributed by atoms with Gasteiger partial charge in [0, 0.05) is 11.6 Å². The van der Waals surface area contributed by atoms with E-state index in [-0.39, 0.29) is 12.3 Å². The molecule has 0 unspecified atom stereocenters. The molecule has 0 amide bonds. The molecule has 17 heavy (non-hydrogen) atoms. The molecule has 94 valence electrons. The molecular weight excluding hydrogens is 248 g/mol. The van der Waals surface area contributed by atoms with Gasteiger partial charge in [0.1, 0.15) is 0 Å². The fourth-order valence-electron chi connectivity index (χ4n) is 1.34. The van der Waals surface area contributed by atoms with Crippen molar-refractivity contribution in [2.45, 2.75) is 12.8 Å². The van der Waals surface area contributed by atoms with Gasteiger partial charge >= 0.3 is 10.3 Å². The summed E-state index contributed by atoms with van der Waals surface area (Å²) in [6.45, 7) is -0.0924. The standard InChI is InChI=1S/C9H12N2O5S/c10-17(14,15)16-7-3-5-8-4-1-2-6-9(8)11(12)13/h1-2,4,6H,3,5,7H2,(H2,10,14,15). The quantitative estimate of drug-likeness (QED) is 0.460. The Labute approximate surface area is 98.6 Å². The first-order chi connectivity index (χ1) is 7.90. The summed E-state index contributed by atoms with van der Waals surface area (Å²) in [5.74, 6) is 0. The van der Waals surface area contributed by atoms with Gasteiger partial charge in [-0.25, -0.2) is 5.14 Å². The lowest BCUT2D eigenvalue weighted by molar-refractivity contribution is -0.385. The van der Waals surface area contributed by atoms with Crippen molar-refractivity contribution in [2.75, 3.05) is 6.61 Å². The van der Waals surface area contributed by atoms with E-state index in [1.165, 1.54) is 6.07 Å². The number of hydrogen-bond acceptors (Lipinski definition) is 5. The molecule has 0 atom stereocenters. The first kappa shape index (κ1) is 13.6. The molecule has 0 spiro atoms. The Bertz CT molecular complexity index is 500. The topological polar surface area (TPSA) is 113 Å². The van der Waals surface area contributed by atoms with Crippen molar-refractivity contribution in [3.05, 3.63) is 39.9 Å². The number of aryl methyl sites for hydroxylation is 1. The second-order valence-electron chi connectivity index (χ2n) is 3.30. The number of nitrogens with zero attached hydrogens (tertiary/aromatic N) is 1. The van der Waals surface area contributed by atoms with Crippen LogP contribution in [-0.4, -0.2) is 19.9 Å². The molecule has 0 bridgehead atoms. The molecule has 0 saturated carbocycles. The van der Waals surface area contributed by atoms with E-state index < -0.39 is 15.2 Å². The Morgan fingerprint density at radius 3 is 2.59 bits per heavy atom. The zero-order chi connectivity index (χ0) is 12.9. The summed E-state index contributed by atoms with van der Waals surface area (Å²) >= 11 is 0. The minimum absolute atomic E-state index is 0.0168. The molecule has 0 heterocycles. The maximum absolute atomic E-state index is 10.7. The molecule has 0 aliphatic carbocycles. The predicted molar refractivity (Wildman–Crippen MR) is 60.5 cm³/mol. The molecule has 1 aromatic carbocycles. The summed E-state index contributed by atoms with van der Waals surface area (Å²) < 4.78 is 25.3. The van der Waals surface area contributed by atoms with Crippen LogP contribution < -0.4 is 5.14 Å². The van der Waals surface area contributed by atoms with Crippen molar-refractivity contribution in [3.63, 3.8) is 0 Å². The van der Waals surface area contributed by atoms with Gasteiger partial charge in [-0.05, 0) is 12.8 Å². The Morgan fingerprint density at radius 1 is 1.35 bits per heavy atom. The van der Waals surface area contributed by atoms with Gasteiger partial charge in [0.15, 0.2) is 0 Å². The van der Waals surface area contributed by atoms with Crippen molar-refractivity contribution in [1.29, 1.82) is 0 Å². The van der Waals surface area contributed by atoms with Crippen molar-refractivity contribution >= 4 is 16.0 Å². The van der Waals surface area contributed by atoms with Gasteiger partial charge in [-0.15, -0.1) is 0 Å². The zero-order valence-electron chi connectivity index (χ0n) is 8.90. The van der Waals surface area contributed by atoms with Crippen LogP contribution in [0.3, 0.4) is 0 Å². The van der Waals surface area contributed by atoms with Gasteiger partial charge < -0.3 is 0 Å². The highest BCUT2D eigenvalue weighted by molar-refractivity contribution is 7.84. The maximum Gasteiger partial charge on any atom is 0.333 e. The second-order valence-corrected chi connectivity index (χ2v) is 4.53. The number of nitrogens with two attached hydrogens (primary N) is 1. The first-order valence-corrected chi connectivity index (χ1v) is 6.27. The van der Waals surface area contributed by atoms with Crippen molar-refractivity contribution in [1.82, 2.24) is 0 Å². The predicted octanol–water partition coefficient (Wildman–Crippen LogP) is 0.747. The van der Waals surface area contributed by atoms with Crippen LogP contribution in [0, 0.1) is 10.1 Å². The van der Waals surface area contributed by atoms with Gasteiger partial charge in [-0.1, -0.05) is 18.2 Å². The van der Waals surface area contributed by atoms with Gasteiger partial charge in [0.05, 0.1) is 11.5 Å². The number of hydrogen-bond donors (Lipinski definition) is 1. The summed E-state index contributed by atoms with van der Waals surface area (Å²) in [6, 6.07) is 6.27. The fraction of sp³-hybridized carbons (Fsp3) is 0.333. The molecule has 2 N–H and O–H groups in total. The number of nitro groups is 1. The molecule has 8 heteroatoms. The van der Waals surface area contributed by atoms with Gasteiger partial charge in [-0.2, -0.15) is 8.42 Å². The Hall–Kier alpha value is -1.51.